The third kappa shape index (κ3) is 4.12. The van der Waals surface area contributed by atoms with Crippen LogP contribution in [-0.2, 0) is 19.4 Å². The number of hydrogen-bond donors (Lipinski definition) is 0. The summed E-state index contributed by atoms with van der Waals surface area (Å²) >= 11 is 0. The van der Waals surface area contributed by atoms with Gasteiger partial charge in [0.2, 0.25) is 0 Å². The minimum atomic E-state index is -0.0819. The maximum Gasteiger partial charge on any atom is 0.290 e. The predicted octanol–water partition coefficient (Wildman–Crippen LogP) is 5.40. The summed E-state index contributed by atoms with van der Waals surface area (Å²) in [7, 11) is 3.26. The van der Waals surface area contributed by atoms with Crippen LogP contribution in [-0.4, -0.2) is 31.1 Å². The average Bonchev–Trinajstić information content (AvgIpc) is 3.23. The number of methoxy groups -OCH3 is 2. The maximum atomic E-state index is 13.3. The smallest absolute Gasteiger partial charge is 0.290 e. The van der Waals surface area contributed by atoms with Crippen LogP contribution in [0, 0.1) is 20.8 Å². The van der Waals surface area contributed by atoms with Crippen LogP contribution >= 0.6 is 0 Å². The van der Waals surface area contributed by atoms with E-state index in [9.17, 15) is 4.79 Å². The van der Waals surface area contributed by atoms with E-state index in [1.807, 2.05) is 23.1 Å². The van der Waals surface area contributed by atoms with E-state index in [4.69, 9.17) is 13.9 Å². The Labute approximate surface area is 189 Å². The molecule has 0 fully saturated rings. The van der Waals surface area contributed by atoms with Gasteiger partial charge < -0.3 is 18.8 Å². The van der Waals surface area contributed by atoms with E-state index in [-0.39, 0.29) is 11.9 Å². The molecule has 0 bridgehead atoms. The second-order valence-electron chi connectivity index (χ2n) is 8.78. The summed E-state index contributed by atoms with van der Waals surface area (Å²) < 4.78 is 16.9. The highest BCUT2D eigenvalue weighted by Crippen LogP contribution is 2.35. The van der Waals surface area contributed by atoms with Crippen LogP contribution in [0.15, 0.2) is 40.8 Å². The number of furan rings is 1. The number of rotatable bonds is 5. The Kier molecular flexibility index (Phi) is 6.00. The first-order valence-electron chi connectivity index (χ1n) is 11.0. The molecule has 0 saturated carbocycles. The fraction of sp³-hybridized carbons (Fsp3) is 0.370. The number of hydrogen-bond acceptors (Lipinski definition) is 4. The quantitative estimate of drug-likeness (QED) is 0.541. The van der Waals surface area contributed by atoms with Crippen LogP contribution in [0.1, 0.15) is 56.6 Å². The lowest BCUT2D eigenvalue weighted by Crippen LogP contribution is -2.42. The molecular weight excluding hydrogens is 402 g/mol. The molecule has 5 nitrogen and oxygen atoms in total. The molecule has 1 unspecified atom stereocenters. The molecule has 2 heterocycles. The Morgan fingerprint density at radius 3 is 2.25 bits per heavy atom. The zero-order valence-corrected chi connectivity index (χ0v) is 19.7. The highest BCUT2D eigenvalue weighted by Gasteiger charge is 2.30. The van der Waals surface area contributed by atoms with E-state index in [1.165, 1.54) is 27.8 Å². The van der Waals surface area contributed by atoms with E-state index >= 15 is 0 Å². The van der Waals surface area contributed by atoms with E-state index in [1.54, 1.807) is 20.3 Å². The Bertz CT molecular complexity index is 1140. The van der Waals surface area contributed by atoms with Crippen LogP contribution < -0.4 is 9.47 Å². The largest absolute Gasteiger partial charge is 0.493 e. The molecule has 1 aromatic heterocycles. The Hall–Kier alpha value is -3.21. The van der Waals surface area contributed by atoms with Crippen molar-refractivity contribution in [1.29, 1.82) is 0 Å². The molecule has 0 spiro atoms. The number of ether oxygens (including phenoxy) is 2. The number of benzene rings is 2. The highest BCUT2D eigenvalue weighted by atomic mass is 16.5. The molecular formula is C27H31NO4. The fourth-order valence-electron chi connectivity index (χ4n) is 4.73. The van der Waals surface area contributed by atoms with Crippen LogP contribution in [0.5, 0.6) is 11.5 Å². The molecule has 1 amide bonds. The normalized spacial score (nSPS) is 15.4. The minimum absolute atomic E-state index is 0.0586. The summed E-state index contributed by atoms with van der Waals surface area (Å²) in [5, 5.41) is 0. The van der Waals surface area contributed by atoms with Crippen molar-refractivity contribution in [3.05, 3.63) is 81.3 Å². The average molecular weight is 434 g/mol. The molecule has 0 N–H and O–H groups in total. The second-order valence-corrected chi connectivity index (χ2v) is 8.78. The summed E-state index contributed by atoms with van der Waals surface area (Å²) in [6, 6.07) is 12.1. The molecule has 1 atom stereocenters. The highest BCUT2D eigenvalue weighted by molar-refractivity contribution is 5.92. The first kappa shape index (κ1) is 22.0. The topological polar surface area (TPSA) is 51.9 Å². The number of aryl methyl sites for hydroxylation is 3. The van der Waals surface area contributed by atoms with Crippen molar-refractivity contribution in [2.75, 3.05) is 14.2 Å². The predicted molar refractivity (Wildman–Crippen MR) is 125 cm³/mol. The number of nitrogens with zero attached hydrogens (tertiary/aromatic N) is 1. The van der Waals surface area contributed by atoms with Crippen molar-refractivity contribution in [2.24, 2.45) is 0 Å². The number of carbonyl (C=O) groups is 1. The Morgan fingerprint density at radius 2 is 1.62 bits per heavy atom. The van der Waals surface area contributed by atoms with Gasteiger partial charge in [0.25, 0.3) is 5.91 Å². The van der Waals surface area contributed by atoms with Gasteiger partial charge in [-0.25, -0.2) is 0 Å². The van der Waals surface area contributed by atoms with E-state index in [2.05, 4.69) is 39.8 Å². The van der Waals surface area contributed by atoms with Crippen molar-refractivity contribution in [1.82, 2.24) is 4.90 Å². The van der Waals surface area contributed by atoms with Gasteiger partial charge in [-0.2, -0.15) is 0 Å². The number of amides is 1. The van der Waals surface area contributed by atoms with Crippen molar-refractivity contribution >= 4 is 5.91 Å². The minimum Gasteiger partial charge on any atom is -0.493 e. The van der Waals surface area contributed by atoms with Gasteiger partial charge >= 0.3 is 0 Å². The number of fused-ring (bicyclic) bond motifs is 1. The molecule has 32 heavy (non-hydrogen) atoms. The third-order valence-electron chi connectivity index (χ3n) is 6.42. The van der Waals surface area contributed by atoms with E-state index in [0.717, 1.165) is 23.5 Å². The SMILES string of the molecule is COc1cc2c(cc1OC)CN(C(=O)c1ccc(Cc3c(C)cc(C)cc3C)o1)C(C)C2. The van der Waals surface area contributed by atoms with Gasteiger partial charge in [-0.1, -0.05) is 17.7 Å². The monoisotopic (exact) mass is 433 g/mol. The molecule has 168 valence electrons. The fourth-order valence-corrected chi connectivity index (χ4v) is 4.73. The van der Waals surface area contributed by atoms with E-state index in [0.29, 0.717) is 24.5 Å². The van der Waals surface area contributed by atoms with Gasteiger partial charge in [0.1, 0.15) is 5.76 Å². The maximum absolute atomic E-state index is 13.3. The molecule has 0 aliphatic carbocycles. The first-order chi connectivity index (χ1) is 15.3. The van der Waals surface area contributed by atoms with Crippen LogP contribution in [0.4, 0.5) is 0 Å². The molecule has 5 heteroatoms. The summed E-state index contributed by atoms with van der Waals surface area (Å²) in [5.41, 5.74) is 7.27. The summed E-state index contributed by atoms with van der Waals surface area (Å²) in [6.07, 6.45) is 1.44. The lowest BCUT2D eigenvalue weighted by Gasteiger charge is -2.34. The molecule has 2 aromatic carbocycles. The van der Waals surface area contributed by atoms with Gasteiger partial charge in [0.05, 0.1) is 14.2 Å². The molecule has 1 aliphatic rings. The zero-order valence-electron chi connectivity index (χ0n) is 19.7. The lowest BCUT2D eigenvalue weighted by atomic mass is 9.94. The second kappa shape index (κ2) is 8.73. The summed E-state index contributed by atoms with van der Waals surface area (Å²) in [5.74, 6) is 2.51. The molecule has 0 saturated heterocycles. The van der Waals surface area contributed by atoms with Crippen LogP contribution in [0.2, 0.25) is 0 Å². The Morgan fingerprint density at radius 1 is 1.00 bits per heavy atom. The van der Waals surface area contributed by atoms with Crippen molar-refractivity contribution in [3.8, 4) is 11.5 Å². The lowest BCUT2D eigenvalue weighted by molar-refractivity contribution is 0.0623. The molecule has 4 rings (SSSR count). The van der Waals surface area contributed by atoms with E-state index < -0.39 is 0 Å². The van der Waals surface area contributed by atoms with Gasteiger partial charge in [-0.3, -0.25) is 4.79 Å². The molecule has 3 aromatic rings. The molecule has 0 radical (unpaired) electrons. The number of carbonyl (C=O) groups excluding carboxylic acids is 1. The van der Waals surface area contributed by atoms with Crippen molar-refractivity contribution in [3.63, 3.8) is 0 Å². The zero-order chi connectivity index (χ0) is 23.0. The standard InChI is InChI=1S/C27H31NO4/c1-16-9-17(2)23(18(3)10-16)14-22-7-8-24(32-22)27(29)28-15-21-13-26(31-6)25(30-5)12-20(21)11-19(28)4/h7-10,12-13,19H,11,14-15H2,1-6H3. The van der Waals surface area contributed by atoms with Gasteiger partial charge in [0, 0.05) is 19.0 Å². The van der Waals surface area contributed by atoms with Crippen molar-refractivity contribution < 1.29 is 18.7 Å². The third-order valence-corrected chi connectivity index (χ3v) is 6.42. The van der Waals surface area contributed by atoms with Gasteiger partial charge in [-0.05, 0) is 86.2 Å². The summed E-state index contributed by atoms with van der Waals surface area (Å²) in [4.78, 5) is 15.2. The molecule has 1 aliphatic heterocycles. The van der Waals surface area contributed by atoms with Gasteiger partial charge in [0.15, 0.2) is 17.3 Å². The van der Waals surface area contributed by atoms with Crippen molar-refractivity contribution in [2.45, 2.75) is 53.1 Å². The van der Waals surface area contributed by atoms with Gasteiger partial charge in [-0.15, -0.1) is 0 Å². The van der Waals surface area contributed by atoms with Crippen LogP contribution in [0.25, 0.3) is 0 Å². The Balaban J connectivity index is 1.55. The van der Waals surface area contributed by atoms with Crippen LogP contribution in [0.3, 0.4) is 0 Å². The summed E-state index contributed by atoms with van der Waals surface area (Å²) in [6.45, 7) is 8.94. The first-order valence-corrected chi connectivity index (χ1v) is 11.0.